The van der Waals surface area contributed by atoms with Crippen LogP contribution in [0.1, 0.15) is 19.3 Å². The monoisotopic (exact) mass is 184 g/mol. The van der Waals surface area contributed by atoms with Crippen molar-refractivity contribution < 1.29 is 14.3 Å². The maximum Gasteiger partial charge on any atom is 0.508 e. The Labute approximate surface area is 79.0 Å². The zero-order valence-corrected chi connectivity index (χ0v) is 7.99. The lowest BCUT2D eigenvalue weighted by molar-refractivity contribution is 0.0496. The highest BCUT2D eigenvalue weighted by Crippen LogP contribution is 2.07. The van der Waals surface area contributed by atoms with Crippen molar-refractivity contribution in [2.24, 2.45) is 0 Å². The molecule has 0 aliphatic heterocycles. The Hall–Kier alpha value is -1.25. The first-order chi connectivity index (χ1) is 6.24. The van der Waals surface area contributed by atoms with E-state index in [-0.39, 0.29) is 6.10 Å². The molecule has 0 aromatic rings. The van der Waals surface area contributed by atoms with Crippen molar-refractivity contribution in [3.63, 3.8) is 0 Å². The molecule has 0 saturated carbocycles. The van der Waals surface area contributed by atoms with E-state index in [2.05, 4.69) is 17.9 Å². The molecule has 3 heteroatoms. The topological polar surface area (TPSA) is 35.5 Å². The first kappa shape index (κ1) is 11.8. The van der Waals surface area contributed by atoms with Crippen LogP contribution >= 0.6 is 0 Å². The van der Waals surface area contributed by atoms with Gasteiger partial charge in [-0.25, -0.2) is 4.79 Å². The van der Waals surface area contributed by atoms with Gasteiger partial charge in [0.25, 0.3) is 0 Å². The van der Waals surface area contributed by atoms with E-state index in [9.17, 15) is 4.79 Å². The van der Waals surface area contributed by atoms with Gasteiger partial charge >= 0.3 is 6.16 Å². The third-order valence-corrected chi connectivity index (χ3v) is 1.57. The van der Waals surface area contributed by atoms with Crippen molar-refractivity contribution in [2.45, 2.75) is 25.4 Å². The fourth-order valence-electron chi connectivity index (χ4n) is 0.860. The van der Waals surface area contributed by atoms with Gasteiger partial charge in [-0.1, -0.05) is 18.7 Å². The summed E-state index contributed by atoms with van der Waals surface area (Å²) < 4.78 is 9.24. The molecular weight excluding hydrogens is 168 g/mol. The van der Waals surface area contributed by atoms with Crippen LogP contribution < -0.4 is 0 Å². The van der Waals surface area contributed by atoms with Crippen LogP contribution in [-0.4, -0.2) is 19.4 Å². The van der Waals surface area contributed by atoms with Crippen molar-refractivity contribution in [3.05, 3.63) is 25.3 Å². The SMILES string of the molecule is C=CCCCC(C=C)OC(=O)OC. The first-order valence-corrected chi connectivity index (χ1v) is 4.22. The fourth-order valence-corrected chi connectivity index (χ4v) is 0.860. The minimum absolute atomic E-state index is 0.257. The average molecular weight is 184 g/mol. The molecule has 0 spiro atoms. The summed E-state index contributed by atoms with van der Waals surface area (Å²) in [5.41, 5.74) is 0. The second-order valence-corrected chi connectivity index (χ2v) is 2.57. The summed E-state index contributed by atoms with van der Waals surface area (Å²) in [7, 11) is 1.28. The Morgan fingerprint density at radius 3 is 2.69 bits per heavy atom. The smallest absolute Gasteiger partial charge is 0.438 e. The van der Waals surface area contributed by atoms with Crippen LogP contribution in [0.15, 0.2) is 25.3 Å². The highest BCUT2D eigenvalue weighted by Gasteiger charge is 2.09. The number of unbranched alkanes of at least 4 members (excludes halogenated alkanes) is 1. The first-order valence-electron chi connectivity index (χ1n) is 4.22. The van der Waals surface area contributed by atoms with E-state index in [0.29, 0.717) is 0 Å². The summed E-state index contributed by atoms with van der Waals surface area (Å²) in [4.78, 5) is 10.7. The molecule has 13 heavy (non-hydrogen) atoms. The van der Waals surface area contributed by atoms with Gasteiger partial charge in [-0.2, -0.15) is 0 Å². The van der Waals surface area contributed by atoms with E-state index in [1.54, 1.807) is 6.08 Å². The fraction of sp³-hybridized carbons (Fsp3) is 0.500. The predicted octanol–water partition coefficient (Wildman–Crippen LogP) is 2.68. The zero-order chi connectivity index (χ0) is 10.1. The molecule has 0 rings (SSSR count). The summed E-state index contributed by atoms with van der Waals surface area (Å²) in [5.74, 6) is 0. The van der Waals surface area contributed by atoms with Gasteiger partial charge in [0, 0.05) is 0 Å². The van der Waals surface area contributed by atoms with E-state index in [4.69, 9.17) is 4.74 Å². The lowest BCUT2D eigenvalue weighted by Gasteiger charge is -2.11. The van der Waals surface area contributed by atoms with Crippen LogP contribution in [-0.2, 0) is 9.47 Å². The Bertz CT molecular complexity index is 175. The van der Waals surface area contributed by atoms with E-state index in [0.717, 1.165) is 19.3 Å². The van der Waals surface area contributed by atoms with Gasteiger partial charge in [-0.3, -0.25) is 0 Å². The molecule has 74 valence electrons. The molecule has 0 amide bonds. The number of methoxy groups -OCH3 is 1. The van der Waals surface area contributed by atoms with E-state index >= 15 is 0 Å². The van der Waals surface area contributed by atoms with Crippen LogP contribution in [0.4, 0.5) is 4.79 Å². The molecule has 1 atom stereocenters. The van der Waals surface area contributed by atoms with Gasteiger partial charge in [0.2, 0.25) is 0 Å². The summed E-state index contributed by atoms with van der Waals surface area (Å²) >= 11 is 0. The Kier molecular flexibility index (Phi) is 6.69. The molecular formula is C10H16O3. The van der Waals surface area contributed by atoms with Crippen molar-refractivity contribution in [3.8, 4) is 0 Å². The molecule has 0 aromatic carbocycles. The molecule has 1 unspecified atom stereocenters. The molecule has 0 aliphatic rings. The third-order valence-electron chi connectivity index (χ3n) is 1.57. The summed E-state index contributed by atoms with van der Waals surface area (Å²) in [6.07, 6.45) is 5.10. The maximum absolute atomic E-state index is 10.7. The second-order valence-electron chi connectivity index (χ2n) is 2.57. The highest BCUT2D eigenvalue weighted by atomic mass is 16.7. The summed E-state index contributed by atoms with van der Waals surface area (Å²) in [6.45, 7) is 7.17. The lowest BCUT2D eigenvalue weighted by Crippen LogP contribution is -2.15. The molecule has 3 nitrogen and oxygen atoms in total. The number of rotatable bonds is 6. The van der Waals surface area contributed by atoms with Crippen LogP contribution in [0.3, 0.4) is 0 Å². The highest BCUT2D eigenvalue weighted by molar-refractivity contribution is 5.60. The van der Waals surface area contributed by atoms with E-state index < -0.39 is 6.16 Å². The van der Waals surface area contributed by atoms with Gasteiger partial charge in [0.05, 0.1) is 7.11 Å². The van der Waals surface area contributed by atoms with Crippen LogP contribution in [0.2, 0.25) is 0 Å². The number of carbonyl (C=O) groups is 1. The van der Waals surface area contributed by atoms with Crippen LogP contribution in [0.5, 0.6) is 0 Å². The number of carbonyl (C=O) groups excluding carboxylic acids is 1. The van der Waals surface area contributed by atoms with Gasteiger partial charge in [-0.05, 0) is 19.3 Å². The number of ether oxygens (including phenoxy) is 2. The van der Waals surface area contributed by atoms with E-state index in [1.165, 1.54) is 7.11 Å². The van der Waals surface area contributed by atoms with Crippen molar-refractivity contribution in [2.75, 3.05) is 7.11 Å². The van der Waals surface area contributed by atoms with Gasteiger partial charge in [0.15, 0.2) is 0 Å². The minimum atomic E-state index is -0.663. The van der Waals surface area contributed by atoms with Crippen molar-refractivity contribution in [1.29, 1.82) is 0 Å². The lowest BCUT2D eigenvalue weighted by atomic mass is 10.1. The number of hydrogen-bond donors (Lipinski definition) is 0. The zero-order valence-electron chi connectivity index (χ0n) is 7.99. The predicted molar refractivity (Wildman–Crippen MR) is 51.5 cm³/mol. The quantitative estimate of drug-likeness (QED) is 0.361. The summed E-state index contributed by atoms with van der Waals surface area (Å²) in [6, 6.07) is 0. The molecule has 0 bridgehead atoms. The Morgan fingerprint density at radius 1 is 1.54 bits per heavy atom. The number of hydrogen-bond acceptors (Lipinski definition) is 3. The normalized spacial score (nSPS) is 11.5. The second kappa shape index (κ2) is 7.40. The Morgan fingerprint density at radius 2 is 2.23 bits per heavy atom. The standard InChI is InChI=1S/C10H16O3/c1-4-6-7-8-9(5-2)13-10(11)12-3/h4-5,9H,1-2,6-8H2,3H3. The van der Waals surface area contributed by atoms with Crippen LogP contribution in [0, 0.1) is 0 Å². The molecule has 0 N–H and O–H groups in total. The average Bonchev–Trinajstić information content (AvgIpc) is 2.16. The van der Waals surface area contributed by atoms with Gasteiger partial charge < -0.3 is 9.47 Å². The number of allylic oxidation sites excluding steroid dienone is 1. The third kappa shape index (κ3) is 5.96. The molecule has 0 heterocycles. The molecule has 0 saturated heterocycles. The minimum Gasteiger partial charge on any atom is -0.438 e. The van der Waals surface area contributed by atoms with Gasteiger partial charge in [0.1, 0.15) is 6.10 Å². The largest absolute Gasteiger partial charge is 0.508 e. The van der Waals surface area contributed by atoms with Crippen molar-refractivity contribution >= 4 is 6.16 Å². The molecule has 0 aliphatic carbocycles. The molecule has 0 fully saturated rings. The summed E-state index contributed by atoms with van der Waals surface area (Å²) in [5, 5.41) is 0. The maximum atomic E-state index is 10.7. The Balaban J connectivity index is 3.68. The van der Waals surface area contributed by atoms with Crippen LogP contribution in [0.25, 0.3) is 0 Å². The molecule has 0 aromatic heterocycles. The van der Waals surface area contributed by atoms with Gasteiger partial charge in [-0.15, -0.1) is 6.58 Å². The van der Waals surface area contributed by atoms with E-state index in [1.807, 2.05) is 6.08 Å². The van der Waals surface area contributed by atoms with Crippen molar-refractivity contribution in [1.82, 2.24) is 0 Å². The molecule has 0 radical (unpaired) electrons.